The molecule has 2 aromatic carbocycles. The highest BCUT2D eigenvalue weighted by molar-refractivity contribution is 6.41. The van der Waals surface area contributed by atoms with Gasteiger partial charge in [-0.3, -0.25) is 14.3 Å². The predicted molar refractivity (Wildman–Crippen MR) is 190 cm³/mol. The minimum Gasteiger partial charge on any atom is -0.496 e. The number of halogens is 2. The van der Waals surface area contributed by atoms with Gasteiger partial charge in [0.1, 0.15) is 22.9 Å². The molecule has 1 aliphatic carbocycles. The Morgan fingerprint density at radius 3 is 2.28 bits per heavy atom. The van der Waals surface area contributed by atoms with Crippen LogP contribution in [0, 0.1) is 12.3 Å². The number of ether oxygens (including phenoxy) is 3. The van der Waals surface area contributed by atoms with E-state index in [9.17, 15) is 0 Å². The van der Waals surface area contributed by atoms with Crippen LogP contribution in [-0.2, 0) is 0 Å². The third-order valence-corrected chi connectivity index (χ3v) is 9.84. The fraction of sp³-hybridized carbons (Fsp3) is 0.333. The van der Waals surface area contributed by atoms with Gasteiger partial charge in [0.2, 0.25) is 0 Å². The summed E-state index contributed by atoms with van der Waals surface area (Å²) in [7, 11) is 4.82. The SMILES string of the molecule is C#CCCNc1cc(-c2cc3c(cn2)cc(-c2c(Cl)c(OC)cc(OC)c2Cl)c2nccn23)c(OC)cc1N1CCN(C2CC2)CC1. The average molecular weight is 672 g/mol. The van der Waals surface area contributed by atoms with Crippen LogP contribution in [0.5, 0.6) is 17.2 Å². The van der Waals surface area contributed by atoms with Crippen molar-refractivity contribution in [2.75, 3.05) is 64.3 Å². The van der Waals surface area contributed by atoms with E-state index in [2.05, 4.69) is 39.2 Å². The highest BCUT2D eigenvalue weighted by Gasteiger charge is 2.32. The lowest BCUT2D eigenvalue weighted by Crippen LogP contribution is -2.47. The van der Waals surface area contributed by atoms with Crippen molar-refractivity contribution in [1.29, 1.82) is 0 Å². The Kier molecular flexibility index (Phi) is 8.67. The monoisotopic (exact) mass is 670 g/mol. The first-order chi connectivity index (χ1) is 22.9. The quantitative estimate of drug-likeness (QED) is 0.123. The smallest absolute Gasteiger partial charge is 0.145 e. The van der Waals surface area contributed by atoms with Gasteiger partial charge in [0, 0.05) is 98.0 Å². The Labute approximate surface area is 284 Å². The maximum absolute atomic E-state index is 6.83. The maximum Gasteiger partial charge on any atom is 0.145 e. The number of terminal acetylenes is 1. The largest absolute Gasteiger partial charge is 0.496 e. The van der Waals surface area contributed by atoms with Crippen LogP contribution in [0.4, 0.5) is 11.4 Å². The molecule has 1 saturated carbocycles. The number of nitrogens with zero attached hydrogens (tertiary/aromatic N) is 5. The van der Waals surface area contributed by atoms with Crippen LogP contribution in [0.25, 0.3) is 38.9 Å². The number of fused-ring (bicyclic) bond motifs is 3. The van der Waals surface area contributed by atoms with Crippen LogP contribution >= 0.6 is 23.2 Å². The first-order valence-corrected chi connectivity index (χ1v) is 16.5. The maximum atomic E-state index is 6.83. The molecule has 242 valence electrons. The molecule has 0 spiro atoms. The third-order valence-electron chi connectivity index (χ3n) is 9.09. The molecule has 9 nitrogen and oxygen atoms in total. The summed E-state index contributed by atoms with van der Waals surface area (Å²) < 4.78 is 19.1. The van der Waals surface area contributed by atoms with Crippen LogP contribution in [0.3, 0.4) is 0 Å². The standard InChI is InChI=1S/C36H36Cl2N6O3/c1-5-6-9-39-27-17-24(30(45-2)19-29(27)43-14-12-42(13-15-43)23-7-8-23)26-18-28-22(21-41-26)16-25(36-40-10-11-44(28)36)33-34(37)31(46-3)20-32(47-4)35(33)38/h1,10-11,16-21,23,39H,6-9,12-15H2,2-4H3. The zero-order chi connectivity index (χ0) is 32.7. The highest BCUT2D eigenvalue weighted by atomic mass is 35.5. The topological polar surface area (TPSA) is 76.4 Å². The number of hydrogen-bond donors (Lipinski definition) is 1. The molecule has 11 heteroatoms. The van der Waals surface area contributed by atoms with Crippen molar-refractivity contribution in [3.05, 3.63) is 59.0 Å². The van der Waals surface area contributed by atoms with Crippen LogP contribution < -0.4 is 24.4 Å². The van der Waals surface area contributed by atoms with Gasteiger partial charge in [0.15, 0.2) is 0 Å². The number of aromatic nitrogens is 3. The van der Waals surface area contributed by atoms with Crippen LogP contribution in [0.15, 0.2) is 48.9 Å². The van der Waals surface area contributed by atoms with Gasteiger partial charge < -0.3 is 24.4 Å². The molecule has 1 aliphatic heterocycles. The lowest BCUT2D eigenvalue weighted by Gasteiger charge is -2.37. The summed E-state index contributed by atoms with van der Waals surface area (Å²) in [5.74, 6) is 4.40. The molecule has 7 rings (SSSR count). The molecule has 47 heavy (non-hydrogen) atoms. The van der Waals surface area contributed by atoms with Crippen molar-refractivity contribution >= 4 is 51.1 Å². The lowest BCUT2D eigenvalue weighted by atomic mass is 10.0. The first kappa shape index (κ1) is 31.3. The molecule has 2 aliphatic rings. The van der Waals surface area contributed by atoms with E-state index in [1.54, 1.807) is 33.6 Å². The Balaban J connectivity index is 1.33. The van der Waals surface area contributed by atoms with E-state index < -0.39 is 0 Å². The molecular formula is C36H36Cl2N6O3. The number of imidazole rings is 1. The number of anilines is 2. The molecule has 5 aromatic rings. The molecule has 0 amide bonds. The van der Waals surface area contributed by atoms with Crippen molar-refractivity contribution < 1.29 is 14.2 Å². The van der Waals surface area contributed by atoms with Gasteiger partial charge in [-0.05, 0) is 31.0 Å². The number of methoxy groups -OCH3 is 3. The van der Waals surface area contributed by atoms with Gasteiger partial charge in [-0.15, -0.1) is 12.3 Å². The average Bonchev–Trinajstić information content (AvgIpc) is 3.83. The van der Waals surface area contributed by atoms with E-state index in [0.29, 0.717) is 45.7 Å². The van der Waals surface area contributed by atoms with Gasteiger partial charge in [0.05, 0.1) is 54.0 Å². The predicted octanol–water partition coefficient (Wildman–Crippen LogP) is 7.27. The zero-order valence-corrected chi connectivity index (χ0v) is 28.2. The second-order valence-corrected chi connectivity index (χ2v) is 12.6. The van der Waals surface area contributed by atoms with Crippen molar-refractivity contribution in [1.82, 2.24) is 19.3 Å². The molecule has 4 heterocycles. The fourth-order valence-electron chi connectivity index (χ4n) is 6.52. The number of rotatable bonds is 10. The van der Waals surface area contributed by atoms with Crippen molar-refractivity contribution in [2.45, 2.75) is 25.3 Å². The van der Waals surface area contributed by atoms with E-state index in [-0.39, 0.29) is 0 Å². The Bertz CT molecular complexity index is 1980. The van der Waals surface area contributed by atoms with Crippen LogP contribution in [0.2, 0.25) is 10.0 Å². The molecule has 0 radical (unpaired) electrons. The summed E-state index contributed by atoms with van der Waals surface area (Å²) >= 11 is 13.7. The van der Waals surface area contributed by atoms with Gasteiger partial charge in [-0.25, -0.2) is 4.98 Å². The summed E-state index contributed by atoms with van der Waals surface area (Å²) in [6, 6.07) is 10.8. The molecular weight excluding hydrogens is 635 g/mol. The van der Waals surface area contributed by atoms with E-state index in [0.717, 1.165) is 77.1 Å². The van der Waals surface area contributed by atoms with Gasteiger partial charge in [0.25, 0.3) is 0 Å². The summed E-state index contributed by atoms with van der Waals surface area (Å²) in [4.78, 5) is 14.7. The molecule has 0 bridgehead atoms. The molecule has 0 atom stereocenters. The lowest BCUT2D eigenvalue weighted by molar-refractivity contribution is 0.248. The number of piperazine rings is 1. The van der Waals surface area contributed by atoms with E-state index >= 15 is 0 Å². The summed E-state index contributed by atoms with van der Waals surface area (Å²) in [6.07, 6.45) is 14.4. The number of benzene rings is 2. The molecule has 0 unspecified atom stereocenters. The van der Waals surface area contributed by atoms with E-state index in [1.807, 2.05) is 22.9 Å². The molecule has 1 saturated heterocycles. The normalized spacial score (nSPS) is 15.2. The molecule has 2 fully saturated rings. The summed E-state index contributed by atoms with van der Waals surface area (Å²) in [5, 5.41) is 5.21. The molecule has 1 N–H and O–H groups in total. The Morgan fingerprint density at radius 2 is 1.62 bits per heavy atom. The van der Waals surface area contributed by atoms with Gasteiger partial charge in [-0.2, -0.15) is 0 Å². The van der Waals surface area contributed by atoms with Crippen molar-refractivity contribution in [3.8, 4) is 52.0 Å². The first-order valence-electron chi connectivity index (χ1n) is 15.7. The fourth-order valence-corrected chi connectivity index (χ4v) is 7.23. The third kappa shape index (κ3) is 5.75. The van der Waals surface area contributed by atoms with Gasteiger partial charge in [-0.1, -0.05) is 23.2 Å². The summed E-state index contributed by atoms with van der Waals surface area (Å²) in [6.45, 7) is 4.72. The molecule has 3 aromatic heterocycles. The number of hydrogen-bond acceptors (Lipinski definition) is 8. The summed E-state index contributed by atoms with van der Waals surface area (Å²) in [5.41, 5.74) is 6.66. The second-order valence-electron chi connectivity index (χ2n) is 11.8. The minimum absolute atomic E-state index is 0.371. The second kappa shape index (κ2) is 13.0. The highest BCUT2D eigenvalue weighted by Crippen LogP contribution is 2.48. The van der Waals surface area contributed by atoms with Crippen molar-refractivity contribution in [2.24, 2.45) is 0 Å². The Morgan fingerprint density at radius 1 is 0.894 bits per heavy atom. The minimum atomic E-state index is 0.371. The van der Waals surface area contributed by atoms with Gasteiger partial charge >= 0.3 is 0 Å². The van der Waals surface area contributed by atoms with E-state index in [4.69, 9.17) is 53.8 Å². The Hall–Kier alpha value is -4.36. The number of pyridine rings is 2. The van der Waals surface area contributed by atoms with E-state index in [1.165, 1.54) is 12.8 Å². The number of nitrogens with one attached hydrogen (secondary N) is 1. The van der Waals surface area contributed by atoms with Crippen LogP contribution in [-0.4, -0.2) is 79.4 Å². The van der Waals surface area contributed by atoms with Crippen molar-refractivity contribution in [3.63, 3.8) is 0 Å². The van der Waals surface area contributed by atoms with Crippen LogP contribution in [0.1, 0.15) is 19.3 Å². The zero-order valence-electron chi connectivity index (χ0n) is 26.6.